The molecule has 2 heterocycles. The fourth-order valence-electron chi connectivity index (χ4n) is 3.83. The van der Waals surface area contributed by atoms with E-state index in [1.54, 1.807) is 11.3 Å². The topological polar surface area (TPSA) is 42.4 Å². The van der Waals surface area contributed by atoms with Crippen LogP contribution in [0.15, 0.2) is 30.3 Å². The molecule has 0 N–H and O–H groups in total. The zero-order valence-corrected chi connectivity index (χ0v) is 18.4. The average Bonchev–Trinajstić information content (AvgIpc) is 3.36. The molecular weight excluding hydrogens is 380 g/mol. The number of fused-ring (bicyclic) bond motifs is 1. The van der Waals surface area contributed by atoms with Gasteiger partial charge in [0, 0.05) is 6.61 Å². The molecule has 0 saturated carbocycles. The molecule has 0 bridgehead atoms. The maximum atomic E-state index is 13.4. The van der Waals surface area contributed by atoms with Crippen molar-refractivity contribution in [2.24, 2.45) is 0 Å². The lowest BCUT2D eigenvalue weighted by molar-refractivity contribution is -0.118. The first-order valence-electron chi connectivity index (χ1n) is 10.3. The van der Waals surface area contributed by atoms with Crippen LogP contribution in [0.25, 0.3) is 10.2 Å². The van der Waals surface area contributed by atoms with E-state index in [4.69, 9.17) is 9.72 Å². The van der Waals surface area contributed by atoms with Crippen molar-refractivity contribution in [2.75, 3.05) is 18.1 Å². The number of rotatable bonds is 5. The Balaban J connectivity index is 1.67. The van der Waals surface area contributed by atoms with Crippen LogP contribution in [-0.2, 0) is 16.0 Å². The monoisotopic (exact) mass is 408 g/mol. The third-order valence-corrected chi connectivity index (χ3v) is 7.01. The maximum absolute atomic E-state index is 13.4. The second-order valence-corrected chi connectivity index (χ2v) is 9.09. The normalized spacial score (nSPS) is 16.5. The Morgan fingerprint density at radius 3 is 2.55 bits per heavy atom. The molecule has 0 spiro atoms. The first-order valence-corrected chi connectivity index (χ1v) is 11.1. The molecule has 1 fully saturated rings. The minimum Gasteiger partial charge on any atom is -0.376 e. The van der Waals surface area contributed by atoms with E-state index in [0.29, 0.717) is 13.0 Å². The van der Waals surface area contributed by atoms with E-state index in [0.717, 1.165) is 45.9 Å². The zero-order valence-electron chi connectivity index (χ0n) is 17.6. The average molecular weight is 409 g/mol. The van der Waals surface area contributed by atoms with Gasteiger partial charge in [-0.2, -0.15) is 0 Å². The molecule has 152 valence electrons. The number of aryl methyl sites for hydroxylation is 4. The predicted molar refractivity (Wildman–Crippen MR) is 120 cm³/mol. The van der Waals surface area contributed by atoms with Crippen molar-refractivity contribution in [1.29, 1.82) is 0 Å². The molecule has 1 aliphatic rings. The van der Waals surface area contributed by atoms with Crippen molar-refractivity contribution in [3.05, 3.63) is 58.1 Å². The van der Waals surface area contributed by atoms with Crippen LogP contribution in [0.1, 0.15) is 40.7 Å². The van der Waals surface area contributed by atoms with E-state index in [1.807, 2.05) is 4.90 Å². The van der Waals surface area contributed by atoms with Crippen LogP contribution in [0.2, 0.25) is 0 Å². The summed E-state index contributed by atoms with van der Waals surface area (Å²) in [6, 6.07) is 10.5. The number of thiazole rings is 1. The molecule has 29 heavy (non-hydrogen) atoms. The Morgan fingerprint density at radius 2 is 1.86 bits per heavy atom. The van der Waals surface area contributed by atoms with Gasteiger partial charge in [-0.3, -0.25) is 9.69 Å². The summed E-state index contributed by atoms with van der Waals surface area (Å²) in [5.74, 6) is 0.0816. The number of nitrogens with zero attached hydrogens (tertiary/aromatic N) is 2. The molecule has 0 radical (unpaired) electrons. The van der Waals surface area contributed by atoms with Crippen LogP contribution in [-0.4, -0.2) is 30.1 Å². The highest BCUT2D eigenvalue weighted by Crippen LogP contribution is 2.34. The van der Waals surface area contributed by atoms with Gasteiger partial charge in [-0.25, -0.2) is 4.98 Å². The fraction of sp³-hybridized carbons (Fsp3) is 0.417. The van der Waals surface area contributed by atoms with Gasteiger partial charge < -0.3 is 4.74 Å². The van der Waals surface area contributed by atoms with Crippen LogP contribution in [0.4, 0.5) is 5.13 Å². The van der Waals surface area contributed by atoms with E-state index in [9.17, 15) is 4.79 Å². The molecule has 1 saturated heterocycles. The summed E-state index contributed by atoms with van der Waals surface area (Å²) in [4.78, 5) is 20.1. The van der Waals surface area contributed by atoms with Crippen LogP contribution < -0.4 is 4.90 Å². The lowest BCUT2D eigenvalue weighted by Gasteiger charge is -2.23. The molecule has 1 aliphatic heterocycles. The van der Waals surface area contributed by atoms with E-state index < -0.39 is 0 Å². The smallest absolute Gasteiger partial charge is 0.233 e. The minimum absolute atomic E-state index is 0.0816. The molecule has 4 nitrogen and oxygen atoms in total. The van der Waals surface area contributed by atoms with Gasteiger partial charge in [0.2, 0.25) is 5.91 Å². The van der Waals surface area contributed by atoms with Crippen LogP contribution in [0, 0.1) is 27.7 Å². The Labute approximate surface area is 176 Å². The highest BCUT2D eigenvalue weighted by Gasteiger charge is 2.26. The maximum Gasteiger partial charge on any atom is 0.233 e. The highest BCUT2D eigenvalue weighted by atomic mass is 32.1. The lowest BCUT2D eigenvalue weighted by Crippen LogP contribution is -2.38. The molecule has 0 aliphatic carbocycles. The van der Waals surface area contributed by atoms with E-state index in [1.165, 1.54) is 16.7 Å². The Bertz CT molecular complexity index is 1010. The number of carbonyl (C=O) groups is 1. The first-order chi connectivity index (χ1) is 13.9. The van der Waals surface area contributed by atoms with Crippen LogP contribution >= 0.6 is 11.3 Å². The van der Waals surface area contributed by atoms with Crippen LogP contribution in [0.5, 0.6) is 0 Å². The molecule has 3 aromatic rings. The molecule has 1 aromatic heterocycles. The number of carbonyl (C=O) groups excluding carboxylic acids is 1. The Morgan fingerprint density at radius 1 is 1.10 bits per heavy atom. The second-order valence-electron chi connectivity index (χ2n) is 8.11. The number of amides is 1. The largest absolute Gasteiger partial charge is 0.376 e. The third kappa shape index (κ3) is 4.21. The van der Waals surface area contributed by atoms with Crippen molar-refractivity contribution < 1.29 is 9.53 Å². The van der Waals surface area contributed by atoms with E-state index >= 15 is 0 Å². The molecule has 1 amide bonds. The van der Waals surface area contributed by atoms with Gasteiger partial charge >= 0.3 is 0 Å². The van der Waals surface area contributed by atoms with Gasteiger partial charge in [0.1, 0.15) is 0 Å². The summed E-state index contributed by atoms with van der Waals surface area (Å²) in [5, 5.41) is 0.779. The Kier molecular flexibility index (Phi) is 5.70. The summed E-state index contributed by atoms with van der Waals surface area (Å²) < 4.78 is 7.01. The number of hydrogen-bond acceptors (Lipinski definition) is 4. The van der Waals surface area contributed by atoms with Crippen molar-refractivity contribution in [2.45, 2.75) is 53.1 Å². The standard InChI is InChI=1S/C24H28N2O2S/c1-15-9-10-19(12-18(15)4)13-21(27)26(14-20-6-5-11-28-20)24-25-22-16(2)7-8-17(3)23(22)29-24/h7-10,12,20H,5-6,11,13-14H2,1-4H3. The summed E-state index contributed by atoms with van der Waals surface area (Å²) >= 11 is 1.61. The van der Waals surface area contributed by atoms with Gasteiger partial charge in [-0.15, -0.1) is 0 Å². The quantitative estimate of drug-likeness (QED) is 0.576. The van der Waals surface area contributed by atoms with Crippen molar-refractivity contribution in [3.8, 4) is 0 Å². The Hall–Kier alpha value is -2.24. The van der Waals surface area contributed by atoms with Gasteiger partial charge in [0.05, 0.1) is 29.3 Å². The first kappa shape index (κ1) is 20.0. The van der Waals surface area contributed by atoms with E-state index in [2.05, 4.69) is 58.0 Å². The molecule has 4 rings (SSSR count). The molecule has 2 aromatic carbocycles. The lowest BCUT2D eigenvalue weighted by atomic mass is 10.0. The van der Waals surface area contributed by atoms with Crippen molar-refractivity contribution in [1.82, 2.24) is 4.98 Å². The summed E-state index contributed by atoms with van der Waals surface area (Å²) in [6.07, 6.45) is 2.52. The second kappa shape index (κ2) is 8.25. The van der Waals surface area contributed by atoms with Gasteiger partial charge in [-0.1, -0.05) is 41.7 Å². The molecule has 1 atom stereocenters. The fourth-order valence-corrected chi connectivity index (χ4v) is 4.96. The predicted octanol–water partition coefficient (Wildman–Crippen LogP) is 5.28. The molecule has 1 unspecified atom stereocenters. The summed E-state index contributed by atoms with van der Waals surface area (Å²) in [6.45, 7) is 9.71. The summed E-state index contributed by atoms with van der Waals surface area (Å²) in [7, 11) is 0. The number of hydrogen-bond donors (Lipinski definition) is 0. The van der Waals surface area contributed by atoms with Gasteiger partial charge in [-0.05, 0) is 68.4 Å². The van der Waals surface area contributed by atoms with Gasteiger partial charge in [0.25, 0.3) is 0 Å². The highest BCUT2D eigenvalue weighted by molar-refractivity contribution is 7.22. The van der Waals surface area contributed by atoms with E-state index in [-0.39, 0.29) is 12.0 Å². The van der Waals surface area contributed by atoms with Gasteiger partial charge in [0.15, 0.2) is 5.13 Å². The summed E-state index contributed by atoms with van der Waals surface area (Å²) in [5.41, 5.74) is 6.85. The van der Waals surface area contributed by atoms with Crippen molar-refractivity contribution in [3.63, 3.8) is 0 Å². The third-order valence-electron chi connectivity index (χ3n) is 5.80. The molecule has 5 heteroatoms. The molecular formula is C24H28N2O2S. The van der Waals surface area contributed by atoms with Crippen LogP contribution in [0.3, 0.4) is 0 Å². The number of anilines is 1. The SMILES string of the molecule is Cc1ccc(CC(=O)N(CC2CCCO2)c2nc3c(C)ccc(C)c3s2)cc1C. The number of aromatic nitrogens is 1. The zero-order chi connectivity index (χ0) is 20.5. The number of ether oxygens (including phenoxy) is 1. The minimum atomic E-state index is 0.0816. The van der Waals surface area contributed by atoms with Crippen molar-refractivity contribution >= 4 is 32.6 Å². The number of benzene rings is 2.